The van der Waals surface area contributed by atoms with Gasteiger partial charge in [-0.05, 0) is 25.1 Å². The van der Waals surface area contributed by atoms with Gasteiger partial charge in [-0.2, -0.15) is 5.26 Å². The highest BCUT2D eigenvalue weighted by Gasteiger charge is 2.05. The van der Waals surface area contributed by atoms with Crippen molar-refractivity contribution in [2.24, 2.45) is 0 Å². The molecule has 0 heterocycles. The highest BCUT2D eigenvalue weighted by molar-refractivity contribution is 6.06. The monoisotopic (exact) mass is 171 g/mol. The van der Waals surface area contributed by atoms with Crippen LogP contribution in [0.4, 0.5) is 0 Å². The van der Waals surface area contributed by atoms with Crippen molar-refractivity contribution in [1.29, 1.82) is 5.26 Å². The Morgan fingerprint density at radius 3 is 2.77 bits per heavy atom. The number of allylic oxidation sites excluding steroid dienone is 2. The normalized spacial score (nSPS) is 9.85. The van der Waals surface area contributed by atoms with Gasteiger partial charge in [-0.1, -0.05) is 18.2 Å². The fraction of sp³-hybridized carbons (Fsp3) is 0.0909. The summed E-state index contributed by atoms with van der Waals surface area (Å²) in [6.07, 6.45) is 3.12. The van der Waals surface area contributed by atoms with E-state index in [0.29, 0.717) is 11.1 Å². The molecule has 1 aromatic rings. The zero-order valence-corrected chi connectivity index (χ0v) is 7.32. The number of ketones is 1. The third-order valence-electron chi connectivity index (χ3n) is 1.63. The smallest absolute Gasteiger partial charge is 0.186 e. The average Bonchev–Trinajstić information content (AvgIpc) is 2.18. The maximum atomic E-state index is 11.4. The summed E-state index contributed by atoms with van der Waals surface area (Å²) in [4.78, 5) is 11.4. The summed E-state index contributed by atoms with van der Waals surface area (Å²) >= 11 is 0. The molecule has 0 aliphatic rings. The van der Waals surface area contributed by atoms with Crippen LogP contribution in [0.15, 0.2) is 36.4 Å². The molecule has 0 atom stereocenters. The van der Waals surface area contributed by atoms with Crippen LogP contribution < -0.4 is 0 Å². The summed E-state index contributed by atoms with van der Waals surface area (Å²) in [5.41, 5.74) is 0.883. The van der Waals surface area contributed by atoms with E-state index < -0.39 is 0 Å². The van der Waals surface area contributed by atoms with Crippen molar-refractivity contribution in [3.8, 4) is 6.07 Å². The van der Waals surface area contributed by atoms with Crippen LogP contribution in [0.5, 0.6) is 0 Å². The molecule has 1 aromatic carbocycles. The Balaban J connectivity index is 3.15. The molecular formula is C11H9NO. The van der Waals surface area contributed by atoms with E-state index in [1.165, 1.54) is 6.08 Å². The molecule has 13 heavy (non-hydrogen) atoms. The van der Waals surface area contributed by atoms with Crippen LogP contribution >= 0.6 is 0 Å². The lowest BCUT2D eigenvalue weighted by Crippen LogP contribution is -1.97. The molecule has 0 N–H and O–H groups in total. The number of hydrogen-bond acceptors (Lipinski definition) is 2. The van der Waals surface area contributed by atoms with Crippen molar-refractivity contribution in [1.82, 2.24) is 0 Å². The lowest BCUT2D eigenvalue weighted by molar-refractivity contribution is 0.104. The van der Waals surface area contributed by atoms with Crippen LogP contribution in [0.2, 0.25) is 0 Å². The molecule has 0 saturated carbocycles. The molecule has 0 aliphatic carbocycles. The maximum Gasteiger partial charge on any atom is 0.186 e. The van der Waals surface area contributed by atoms with E-state index in [9.17, 15) is 4.79 Å². The summed E-state index contributed by atoms with van der Waals surface area (Å²) in [5, 5.41) is 8.71. The second-order valence-corrected chi connectivity index (χ2v) is 2.52. The number of rotatable bonds is 2. The van der Waals surface area contributed by atoms with Gasteiger partial charge < -0.3 is 0 Å². The first-order valence-electron chi connectivity index (χ1n) is 3.95. The Morgan fingerprint density at radius 2 is 2.15 bits per heavy atom. The fourth-order valence-electron chi connectivity index (χ4n) is 1.04. The second-order valence-electron chi connectivity index (χ2n) is 2.52. The van der Waals surface area contributed by atoms with Gasteiger partial charge in [0, 0.05) is 5.56 Å². The molecule has 0 unspecified atom stereocenters. The molecular weight excluding hydrogens is 162 g/mol. The minimum Gasteiger partial charge on any atom is -0.289 e. The SMILES string of the molecule is CC=CC(=O)c1ccccc1C#N. The molecule has 2 heteroatoms. The largest absolute Gasteiger partial charge is 0.289 e. The van der Waals surface area contributed by atoms with Crippen LogP contribution in [0.3, 0.4) is 0 Å². The topological polar surface area (TPSA) is 40.9 Å². The molecule has 0 amide bonds. The minimum absolute atomic E-state index is 0.125. The van der Waals surface area contributed by atoms with Gasteiger partial charge in [-0.15, -0.1) is 0 Å². The van der Waals surface area contributed by atoms with Gasteiger partial charge in [0.25, 0.3) is 0 Å². The summed E-state index contributed by atoms with van der Waals surface area (Å²) in [6.45, 7) is 1.77. The van der Waals surface area contributed by atoms with Crippen molar-refractivity contribution < 1.29 is 4.79 Å². The Morgan fingerprint density at radius 1 is 1.46 bits per heavy atom. The summed E-state index contributed by atoms with van der Waals surface area (Å²) < 4.78 is 0. The summed E-state index contributed by atoms with van der Waals surface area (Å²) in [5.74, 6) is -0.125. The lowest BCUT2D eigenvalue weighted by atomic mass is 10.0. The van der Waals surface area contributed by atoms with E-state index in [4.69, 9.17) is 5.26 Å². The lowest BCUT2D eigenvalue weighted by Gasteiger charge is -1.96. The van der Waals surface area contributed by atoms with Gasteiger partial charge in [0.1, 0.15) is 0 Å². The van der Waals surface area contributed by atoms with Crippen molar-refractivity contribution >= 4 is 5.78 Å². The van der Waals surface area contributed by atoms with E-state index >= 15 is 0 Å². The Labute approximate surface area is 77.1 Å². The molecule has 0 radical (unpaired) electrons. The van der Waals surface area contributed by atoms with E-state index in [1.54, 1.807) is 37.3 Å². The average molecular weight is 171 g/mol. The van der Waals surface area contributed by atoms with Gasteiger partial charge in [0.05, 0.1) is 11.6 Å². The van der Waals surface area contributed by atoms with Gasteiger partial charge >= 0.3 is 0 Å². The Bertz CT molecular complexity index is 385. The van der Waals surface area contributed by atoms with E-state index in [1.807, 2.05) is 6.07 Å². The first-order valence-corrected chi connectivity index (χ1v) is 3.95. The van der Waals surface area contributed by atoms with Crippen LogP contribution in [-0.2, 0) is 0 Å². The molecule has 0 bridgehead atoms. The number of nitriles is 1. The van der Waals surface area contributed by atoms with Crippen LogP contribution in [0, 0.1) is 11.3 Å². The van der Waals surface area contributed by atoms with E-state index in [2.05, 4.69) is 0 Å². The maximum absolute atomic E-state index is 11.4. The van der Waals surface area contributed by atoms with Gasteiger partial charge in [-0.3, -0.25) is 4.79 Å². The highest BCUT2D eigenvalue weighted by Crippen LogP contribution is 2.08. The molecule has 2 nitrogen and oxygen atoms in total. The predicted molar refractivity (Wildman–Crippen MR) is 50.3 cm³/mol. The van der Waals surface area contributed by atoms with Gasteiger partial charge in [-0.25, -0.2) is 0 Å². The van der Waals surface area contributed by atoms with Crippen LogP contribution in [0.1, 0.15) is 22.8 Å². The molecule has 0 saturated heterocycles. The number of carbonyl (C=O) groups excluding carboxylic acids is 1. The Kier molecular flexibility index (Phi) is 2.99. The first-order chi connectivity index (χ1) is 6.29. The molecule has 0 spiro atoms. The third-order valence-corrected chi connectivity index (χ3v) is 1.63. The van der Waals surface area contributed by atoms with Gasteiger partial charge in [0.15, 0.2) is 5.78 Å². The minimum atomic E-state index is -0.125. The molecule has 64 valence electrons. The van der Waals surface area contributed by atoms with E-state index in [0.717, 1.165) is 0 Å². The van der Waals surface area contributed by atoms with Crippen molar-refractivity contribution in [3.05, 3.63) is 47.5 Å². The van der Waals surface area contributed by atoms with Crippen LogP contribution in [-0.4, -0.2) is 5.78 Å². The zero-order chi connectivity index (χ0) is 9.68. The molecule has 0 aliphatic heterocycles. The number of carbonyl (C=O) groups is 1. The zero-order valence-electron chi connectivity index (χ0n) is 7.32. The van der Waals surface area contributed by atoms with Crippen molar-refractivity contribution in [2.45, 2.75) is 6.92 Å². The predicted octanol–water partition coefficient (Wildman–Crippen LogP) is 2.32. The van der Waals surface area contributed by atoms with Crippen molar-refractivity contribution in [2.75, 3.05) is 0 Å². The fourth-order valence-corrected chi connectivity index (χ4v) is 1.04. The number of benzene rings is 1. The second kappa shape index (κ2) is 4.22. The van der Waals surface area contributed by atoms with E-state index in [-0.39, 0.29) is 5.78 Å². The van der Waals surface area contributed by atoms with Gasteiger partial charge in [0.2, 0.25) is 0 Å². The summed E-state index contributed by atoms with van der Waals surface area (Å²) in [7, 11) is 0. The van der Waals surface area contributed by atoms with Crippen LogP contribution in [0.25, 0.3) is 0 Å². The quantitative estimate of drug-likeness (QED) is 0.506. The summed E-state index contributed by atoms with van der Waals surface area (Å²) in [6, 6.07) is 8.76. The third kappa shape index (κ3) is 2.03. The molecule has 0 aromatic heterocycles. The number of nitrogens with zero attached hydrogens (tertiary/aromatic N) is 1. The number of hydrogen-bond donors (Lipinski definition) is 0. The van der Waals surface area contributed by atoms with Crippen molar-refractivity contribution in [3.63, 3.8) is 0 Å². The Hall–Kier alpha value is -1.88. The highest BCUT2D eigenvalue weighted by atomic mass is 16.1. The molecule has 0 fully saturated rings. The standard InChI is InChI=1S/C11H9NO/c1-2-5-11(13)10-7-4-3-6-9(10)8-12/h2-7H,1H3. The molecule has 1 rings (SSSR count). The first kappa shape index (κ1) is 9.21.